The molecule has 2 atom stereocenters. The third kappa shape index (κ3) is 6.14. The number of aryl methyl sites for hydroxylation is 1. The van der Waals surface area contributed by atoms with Crippen LogP contribution in [0.25, 0.3) is 0 Å². The van der Waals surface area contributed by atoms with Gasteiger partial charge >= 0.3 is 0 Å². The van der Waals surface area contributed by atoms with Crippen LogP contribution in [0.1, 0.15) is 61.3 Å². The molecule has 2 fully saturated rings. The van der Waals surface area contributed by atoms with Gasteiger partial charge in [0, 0.05) is 61.6 Å². The van der Waals surface area contributed by atoms with Gasteiger partial charge < -0.3 is 9.80 Å². The molecule has 1 aromatic heterocycles. The van der Waals surface area contributed by atoms with Crippen LogP contribution in [0.4, 0.5) is 5.82 Å². The molecule has 38 heavy (non-hydrogen) atoms. The second-order valence-electron chi connectivity index (χ2n) is 10.8. The predicted octanol–water partition coefficient (Wildman–Crippen LogP) is 3.35. The molecule has 3 aliphatic rings. The van der Waals surface area contributed by atoms with Crippen LogP contribution in [0.3, 0.4) is 0 Å². The molecule has 1 amide bonds. The Hall–Kier alpha value is -2.27. The number of aromatic nitrogens is 2. The smallest absolute Gasteiger partial charge is 0.266 e. The fraction of sp³-hybridized carbons (Fsp3) is 0.593. The number of amides is 1. The molecule has 0 radical (unpaired) electrons. The highest BCUT2D eigenvalue weighted by molar-refractivity contribution is 7.85. The van der Waals surface area contributed by atoms with E-state index >= 15 is 0 Å². The van der Waals surface area contributed by atoms with Crippen LogP contribution in [-0.4, -0.2) is 89.7 Å². The van der Waals surface area contributed by atoms with Gasteiger partial charge in [-0.25, -0.2) is 9.97 Å². The summed E-state index contributed by atoms with van der Waals surface area (Å²) in [4.78, 5) is 29.4. The molecule has 2 aliphatic carbocycles. The Morgan fingerprint density at radius 1 is 1.13 bits per heavy atom. The van der Waals surface area contributed by atoms with Crippen molar-refractivity contribution in [3.8, 4) is 0 Å². The van der Waals surface area contributed by atoms with Gasteiger partial charge in [-0.05, 0) is 49.3 Å². The maximum absolute atomic E-state index is 14.0. The van der Waals surface area contributed by atoms with Gasteiger partial charge in [0.15, 0.2) is 0 Å². The van der Waals surface area contributed by atoms with Crippen LogP contribution < -0.4 is 4.90 Å². The SMILES string of the molecule is CC1CCc2ncnc(N3CCN(C(=O)C(CN(CCS(=O)(=O)O)C4CCC4)c4ccc(Cl)cc4)CC3)c21. The number of benzene rings is 1. The fourth-order valence-electron chi connectivity index (χ4n) is 5.90. The Morgan fingerprint density at radius 2 is 1.84 bits per heavy atom. The highest BCUT2D eigenvalue weighted by Crippen LogP contribution is 2.37. The zero-order valence-corrected chi connectivity index (χ0v) is 23.4. The zero-order chi connectivity index (χ0) is 26.9. The third-order valence-corrected chi connectivity index (χ3v) is 9.31. The van der Waals surface area contributed by atoms with Crippen LogP contribution in [0, 0.1) is 0 Å². The summed E-state index contributed by atoms with van der Waals surface area (Å²) in [5.41, 5.74) is 3.26. The van der Waals surface area contributed by atoms with E-state index in [1.807, 2.05) is 17.0 Å². The molecule has 0 bridgehead atoms. The van der Waals surface area contributed by atoms with E-state index in [4.69, 9.17) is 11.6 Å². The molecule has 1 N–H and O–H groups in total. The summed E-state index contributed by atoms with van der Waals surface area (Å²) < 4.78 is 32.4. The van der Waals surface area contributed by atoms with Crippen LogP contribution in [-0.2, 0) is 21.3 Å². The van der Waals surface area contributed by atoms with Crippen LogP contribution >= 0.6 is 11.6 Å². The fourth-order valence-corrected chi connectivity index (χ4v) is 6.49. The standard InChI is InChI=1S/C27H36ClN5O4S/c1-19-5-10-24-25(19)26(30-18-29-24)31-11-13-32(14-12-31)27(34)23(20-6-8-21(28)9-7-20)17-33(22-3-2-4-22)15-16-38(35,36)37/h6-9,18-19,22-23H,2-5,10-17H2,1H3,(H,35,36,37). The Labute approximate surface area is 229 Å². The van der Waals surface area contributed by atoms with E-state index in [2.05, 4.69) is 26.7 Å². The van der Waals surface area contributed by atoms with Crippen molar-refractivity contribution in [2.24, 2.45) is 0 Å². The molecule has 11 heteroatoms. The number of halogens is 1. The van der Waals surface area contributed by atoms with Crippen molar-refractivity contribution in [3.63, 3.8) is 0 Å². The van der Waals surface area contributed by atoms with Gasteiger partial charge in [-0.3, -0.25) is 14.2 Å². The maximum Gasteiger partial charge on any atom is 0.266 e. The Kier molecular flexibility index (Phi) is 8.23. The summed E-state index contributed by atoms with van der Waals surface area (Å²) >= 11 is 6.14. The van der Waals surface area contributed by atoms with E-state index in [-0.39, 0.29) is 24.2 Å². The molecule has 1 aromatic carbocycles. The zero-order valence-electron chi connectivity index (χ0n) is 21.8. The first-order valence-electron chi connectivity index (χ1n) is 13.5. The number of nitrogens with zero attached hydrogens (tertiary/aromatic N) is 5. The lowest BCUT2D eigenvalue weighted by molar-refractivity contribution is -0.133. The number of fused-ring (bicyclic) bond motifs is 1. The van der Waals surface area contributed by atoms with Gasteiger partial charge in [-0.1, -0.05) is 37.1 Å². The lowest BCUT2D eigenvalue weighted by Crippen LogP contribution is -2.52. The van der Waals surface area contributed by atoms with E-state index in [1.165, 1.54) is 5.56 Å². The normalized spacial score (nSPS) is 20.9. The molecule has 1 aliphatic heterocycles. The highest BCUT2D eigenvalue weighted by atomic mass is 35.5. The van der Waals surface area contributed by atoms with Crippen molar-refractivity contribution in [3.05, 3.63) is 52.4 Å². The Balaban J connectivity index is 1.32. The molecule has 5 rings (SSSR count). The van der Waals surface area contributed by atoms with E-state index in [1.54, 1.807) is 18.5 Å². The van der Waals surface area contributed by atoms with Gasteiger partial charge in [0.1, 0.15) is 12.1 Å². The first-order chi connectivity index (χ1) is 18.2. The Bertz CT molecular complexity index is 1250. The molecule has 2 aromatic rings. The number of hydrogen-bond acceptors (Lipinski definition) is 7. The van der Waals surface area contributed by atoms with Crippen molar-refractivity contribution >= 4 is 33.4 Å². The summed E-state index contributed by atoms with van der Waals surface area (Å²) in [6.07, 6.45) is 6.75. The van der Waals surface area contributed by atoms with Crippen LogP contribution in [0.5, 0.6) is 0 Å². The van der Waals surface area contributed by atoms with Gasteiger partial charge in [0.2, 0.25) is 5.91 Å². The summed E-state index contributed by atoms with van der Waals surface area (Å²) in [5, 5.41) is 0.599. The summed E-state index contributed by atoms with van der Waals surface area (Å²) in [7, 11) is -4.09. The second kappa shape index (κ2) is 11.5. The number of hydrogen-bond donors (Lipinski definition) is 1. The topological polar surface area (TPSA) is 107 Å². The number of carbonyl (C=O) groups excluding carboxylic acids is 1. The largest absolute Gasteiger partial charge is 0.353 e. The molecule has 2 unspecified atom stereocenters. The highest BCUT2D eigenvalue weighted by Gasteiger charge is 2.35. The average molecular weight is 562 g/mol. The predicted molar refractivity (Wildman–Crippen MR) is 147 cm³/mol. The number of anilines is 1. The van der Waals surface area contributed by atoms with E-state index in [0.717, 1.165) is 49.2 Å². The Morgan fingerprint density at radius 3 is 2.47 bits per heavy atom. The maximum atomic E-state index is 14.0. The van der Waals surface area contributed by atoms with Crippen molar-refractivity contribution < 1.29 is 17.8 Å². The molecule has 1 saturated carbocycles. The summed E-state index contributed by atoms with van der Waals surface area (Å²) in [6.45, 7) is 5.40. The third-order valence-electron chi connectivity index (χ3n) is 8.36. The summed E-state index contributed by atoms with van der Waals surface area (Å²) in [5.74, 6) is 0.678. The van der Waals surface area contributed by atoms with E-state index < -0.39 is 16.0 Å². The van der Waals surface area contributed by atoms with Gasteiger partial charge in [0.25, 0.3) is 10.1 Å². The molecular weight excluding hydrogens is 526 g/mol. The van der Waals surface area contributed by atoms with Gasteiger partial charge in [-0.15, -0.1) is 0 Å². The van der Waals surface area contributed by atoms with Gasteiger partial charge in [0.05, 0.1) is 11.7 Å². The minimum atomic E-state index is -4.09. The molecular formula is C27H36ClN5O4S. The quantitative estimate of drug-likeness (QED) is 0.465. The number of carbonyl (C=O) groups is 1. The monoisotopic (exact) mass is 561 g/mol. The minimum Gasteiger partial charge on any atom is -0.353 e. The van der Waals surface area contributed by atoms with Crippen molar-refractivity contribution in [2.75, 3.05) is 49.9 Å². The molecule has 0 spiro atoms. The lowest BCUT2D eigenvalue weighted by Gasteiger charge is -2.41. The molecule has 1 saturated heterocycles. The summed E-state index contributed by atoms with van der Waals surface area (Å²) in [6, 6.07) is 7.57. The van der Waals surface area contributed by atoms with Crippen molar-refractivity contribution in [2.45, 2.75) is 56.9 Å². The first kappa shape index (κ1) is 27.3. The minimum absolute atomic E-state index is 0.0319. The lowest BCUT2D eigenvalue weighted by atomic mass is 9.89. The molecule has 2 heterocycles. The van der Waals surface area contributed by atoms with Crippen molar-refractivity contribution in [1.29, 1.82) is 0 Å². The van der Waals surface area contributed by atoms with Gasteiger partial charge in [-0.2, -0.15) is 8.42 Å². The van der Waals surface area contributed by atoms with E-state index in [9.17, 15) is 17.8 Å². The number of piperazine rings is 1. The first-order valence-corrected chi connectivity index (χ1v) is 15.5. The van der Waals surface area contributed by atoms with Crippen LogP contribution in [0.15, 0.2) is 30.6 Å². The molecule has 9 nitrogen and oxygen atoms in total. The van der Waals surface area contributed by atoms with E-state index in [0.29, 0.717) is 43.7 Å². The van der Waals surface area contributed by atoms with Crippen molar-refractivity contribution in [1.82, 2.24) is 19.8 Å². The van der Waals surface area contributed by atoms with Crippen LogP contribution in [0.2, 0.25) is 5.02 Å². The average Bonchev–Trinajstić information content (AvgIpc) is 3.25. The molecule has 206 valence electrons. The number of rotatable bonds is 9. The second-order valence-corrected chi connectivity index (χ2v) is 12.8.